The maximum Gasteiger partial charge on any atom is 0.311 e. The van der Waals surface area contributed by atoms with Crippen LogP contribution in [0, 0.1) is 101 Å². The summed E-state index contributed by atoms with van der Waals surface area (Å²) >= 11 is 0. The maximum absolute atomic E-state index is 11.4. The molecule has 128 heavy (non-hydrogen) atoms. The molecule has 2 aliphatic rings. The summed E-state index contributed by atoms with van der Waals surface area (Å²) < 4.78 is 66.1. The molecule has 3 aromatic carbocycles. The minimum absolute atomic E-state index is 0.0348. The second-order valence-electron chi connectivity index (χ2n) is 40.2. The molecule has 19 heteroatoms. The van der Waals surface area contributed by atoms with Crippen molar-refractivity contribution in [2.24, 2.45) is 101 Å². The number of ether oxygens (including phenoxy) is 12. The van der Waals surface area contributed by atoms with Gasteiger partial charge in [-0.15, -0.1) is 0 Å². The number of carbonyl (C=O) groups excluding carboxylic acids is 2. The number of aromatic hydroxyl groups is 1. The van der Waals surface area contributed by atoms with Crippen molar-refractivity contribution >= 4 is 17.8 Å². The first-order valence-electron chi connectivity index (χ1n) is 48.9. The van der Waals surface area contributed by atoms with E-state index in [0.29, 0.717) is 122 Å². The zero-order valence-corrected chi connectivity index (χ0v) is 88.6. The molecular formula is C109H196N2O17. The van der Waals surface area contributed by atoms with E-state index in [4.69, 9.17) is 57.2 Å². The molecule has 744 valence electrons. The van der Waals surface area contributed by atoms with Crippen LogP contribution in [0.1, 0.15) is 315 Å². The fraction of sp³-hybridized carbons (Fsp3) is 0.761. The largest absolute Gasteiger partial charge is 0.508 e. The van der Waals surface area contributed by atoms with Crippen molar-refractivity contribution in [3.63, 3.8) is 0 Å². The van der Waals surface area contributed by atoms with Gasteiger partial charge in [0.1, 0.15) is 18.1 Å². The second kappa shape index (κ2) is 73.8. The van der Waals surface area contributed by atoms with E-state index in [1.54, 1.807) is 19.2 Å². The van der Waals surface area contributed by atoms with E-state index in [1.165, 1.54) is 48.6 Å². The van der Waals surface area contributed by atoms with Crippen LogP contribution in [0.25, 0.3) is 0 Å². The zero-order chi connectivity index (χ0) is 98.5. The van der Waals surface area contributed by atoms with Crippen LogP contribution in [0.15, 0.2) is 103 Å². The fourth-order valence-corrected chi connectivity index (χ4v) is 13.0. The summed E-state index contributed by atoms with van der Waals surface area (Å²) in [7, 11) is 3.07. The minimum atomic E-state index is -0.773. The normalized spacial score (nSPS) is 15.3. The number of hydrogen-bond acceptors (Lipinski definition) is 17. The molecule has 10 unspecified atom stereocenters. The van der Waals surface area contributed by atoms with Crippen molar-refractivity contribution in [2.75, 3.05) is 86.8 Å². The van der Waals surface area contributed by atoms with Gasteiger partial charge in [0.05, 0.1) is 133 Å². The van der Waals surface area contributed by atoms with Crippen molar-refractivity contribution in [2.45, 2.75) is 355 Å². The number of aliphatic carboxylic acids is 1. The third-order valence-corrected chi connectivity index (χ3v) is 22.5. The van der Waals surface area contributed by atoms with Gasteiger partial charge in [-0.3, -0.25) is 19.4 Å². The minimum Gasteiger partial charge on any atom is -0.508 e. The Bertz CT molecular complexity index is 3180. The lowest BCUT2D eigenvalue weighted by atomic mass is 9.83. The highest BCUT2D eigenvalue weighted by Gasteiger charge is 2.34. The molecule has 2 fully saturated rings. The molecule has 0 spiro atoms. The Hall–Kier alpha value is -5.58. The Morgan fingerprint density at radius 2 is 0.742 bits per heavy atom. The van der Waals surface area contributed by atoms with E-state index in [0.717, 1.165) is 82.3 Å². The van der Waals surface area contributed by atoms with Crippen LogP contribution in [-0.2, 0) is 73.1 Å². The molecule has 1 aliphatic carbocycles. The van der Waals surface area contributed by atoms with E-state index in [9.17, 15) is 19.5 Å². The number of methoxy groups -OCH3 is 1. The predicted octanol–water partition coefficient (Wildman–Crippen LogP) is 25.8. The molecule has 2 heterocycles. The van der Waals surface area contributed by atoms with Crippen molar-refractivity contribution in [3.05, 3.63) is 126 Å². The smallest absolute Gasteiger partial charge is 0.311 e. The van der Waals surface area contributed by atoms with Gasteiger partial charge in [-0.2, -0.15) is 0 Å². The maximum atomic E-state index is 11.4. The number of hydrogen-bond donors (Lipinski definition) is 3. The number of phenolic OH excluding ortho intramolecular Hbond substituents is 1. The first kappa shape index (κ1) is 127. The monoisotopic (exact) mass is 1810 g/mol. The molecule has 1 amide bonds. The first-order valence-corrected chi connectivity index (χ1v) is 48.9. The van der Waals surface area contributed by atoms with Gasteiger partial charge in [0, 0.05) is 57.0 Å². The molecule has 0 radical (unpaired) electrons. The van der Waals surface area contributed by atoms with E-state index in [-0.39, 0.29) is 72.0 Å². The SMILES string of the molecule is CC(C)OCC(C(=O)O)C(C)C.CC(C)OCC(C(C)C)C1CC1.CC(C)OCC(C(C)C)C1CCOC1.CC(C)OCC(C)C(C)C.CC(C)OCC(c1ccc(O)cc1)C(C)C.CC(C)OCC(c1ccc(OCc2ccccc2)cc1)C(C)C.CC(C)OCC(c1cccnc1)C(C)C.CNC(=O)C(COC(C)C)C(C)C.COC(=O)C(COC(C)C)C(C)C. The van der Waals surface area contributed by atoms with Crippen LogP contribution in [0.4, 0.5) is 0 Å². The molecule has 19 nitrogen and oxygen atoms in total. The third-order valence-electron chi connectivity index (χ3n) is 22.5. The van der Waals surface area contributed by atoms with E-state index < -0.39 is 5.97 Å². The van der Waals surface area contributed by atoms with Crippen LogP contribution in [-0.4, -0.2) is 175 Å². The molecule has 0 bridgehead atoms. The standard InChI is InChI=1S/C21H28O2.C14H22O2.C13H21NO.C12H24O2.C11H22O.C10H21NO2.C10H20O3.C9H18O3.C9H20O/c1-16(2)21(15-22-17(3)4)19-10-12-20(13-11-19)23-14-18-8-6-5-7-9-18;1-10(2)14(9-16-11(3)4)12-5-7-13(15)8-6-12;1-10(2)13(9-15-11(3)4)12-6-5-7-14-8-12;1-9(2)12(8-14-10(3)4)11-5-6-13-7-11;1-8(2)11(10-5-6-10)7-12-9(3)4;1-7(2)9(10(12)11-5)6-13-8(3)4;1-7(2)9(10(11)12-5)6-13-8(3)4;1-6(2)8(9(10)11)5-12-7(3)4;1-7(2)9(5)6-10-8(3)4/h5-13,16-17,21H,14-15H2,1-4H3;5-8,10-11,14-15H,9H2,1-4H3;5-8,10-11,13H,9H2,1-4H3;9-12H,5-8H2,1-4H3;8-11H,5-7H2,1-4H3;7-9H,6H2,1-5H3,(H,11,12);7-9H,6H2,1-5H3;6-8H,5H2,1-4H3,(H,10,11);7-9H,6H2,1-5H3. The molecule has 1 aliphatic heterocycles. The summed E-state index contributed by atoms with van der Waals surface area (Å²) in [5, 5.41) is 20.7. The van der Waals surface area contributed by atoms with E-state index >= 15 is 0 Å². The van der Waals surface area contributed by atoms with Gasteiger partial charge in [0.2, 0.25) is 5.91 Å². The van der Waals surface area contributed by atoms with Crippen LogP contribution >= 0.6 is 0 Å². The lowest BCUT2D eigenvalue weighted by molar-refractivity contribution is -0.150. The lowest BCUT2D eigenvalue weighted by Crippen LogP contribution is -2.34. The number of carbonyl (C=O) groups is 3. The Balaban J connectivity index is -0.00000139. The number of phenols is 1. The highest BCUT2D eigenvalue weighted by atomic mass is 16.5. The summed E-state index contributed by atoms with van der Waals surface area (Å²) in [5.41, 5.74) is 5.00. The van der Waals surface area contributed by atoms with Crippen LogP contribution < -0.4 is 10.1 Å². The van der Waals surface area contributed by atoms with Gasteiger partial charge in [-0.1, -0.05) is 192 Å². The molecule has 1 saturated carbocycles. The second-order valence-corrected chi connectivity index (χ2v) is 40.2. The van der Waals surface area contributed by atoms with Gasteiger partial charge in [0.15, 0.2) is 0 Å². The number of carboxylic acid groups (broad SMARTS) is 1. The average molecular weight is 1810 g/mol. The van der Waals surface area contributed by atoms with Gasteiger partial charge < -0.3 is 72.4 Å². The van der Waals surface area contributed by atoms with Gasteiger partial charge in [-0.25, -0.2) is 0 Å². The molecular weight excluding hydrogens is 1610 g/mol. The van der Waals surface area contributed by atoms with Crippen LogP contribution in [0.3, 0.4) is 0 Å². The highest BCUT2D eigenvalue weighted by Crippen LogP contribution is 2.41. The molecule has 10 atom stereocenters. The number of benzene rings is 3. The topological polar surface area (TPSA) is 227 Å². The number of aromatic nitrogens is 1. The quantitative estimate of drug-likeness (QED) is 0.0349. The summed E-state index contributed by atoms with van der Waals surface area (Å²) in [4.78, 5) is 37.5. The molecule has 6 rings (SSSR count). The Morgan fingerprint density at radius 1 is 0.383 bits per heavy atom. The van der Waals surface area contributed by atoms with E-state index in [1.807, 2.05) is 146 Å². The Morgan fingerprint density at radius 3 is 1.06 bits per heavy atom. The summed E-state index contributed by atoms with van der Waals surface area (Å²) in [5.74, 6) is 9.45. The number of pyridine rings is 1. The molecule has 1 saturated heterocycles. The van der Waals surface area contributed by atoms with Gasteiger partial charge >= 0.3 is 11.9 Å². The van der Waals surface area contributed by atoms with Crippen molar-refractivity contribution < 1.29 is 81.4 Å². The number of carboxylic acids is 1. The summed E-state index contributed by atoms with van der Waals surface area (Å²) in [6.45, 7) is 86.5. The third kappa shape index (κ3) is 65.1. The highest BCUT2D eigenvalue weighted by molar-refractivity contribution is 5.78. The van der Waals surface area contributed by atoms with Gasteiger partial charge in [0.25, 0.3) is 0 Å². The molecule has 4 aromatic rings. The Kier molecular flexibility index (Phi) is 73.0. The fourth-order valence-electron chi connectivity index (χ4n) is 13.0. The number of nitrogens with one attached hydrogen (secondary N) is 1. The van der Waals surface area contributed by atoms with Crippen molar-refractivity contribution in [3.8, 4) is 11.5 Å². The molecule has 3 N–H and O–H groups in total. The van der Waals surface area contributed by atoms with E-state index in [2.05, 4.69) is 217 Å². The predicted molar refractivity (Wildman–Crippen MR) is 533 cm³/mol. The lowest BCUT2D eigenvalue weighted by Gasteiger charge is -2.26. The zero-order valence-electron chi connectivity index (χ0n) is 88.6. The van der Waals surface area contributed by atoms with Crippen LogP contribution in [0.2, 0.25) is 0 Å². The van der Waals surface area contributed by atoms with Crippen molar-refractivity contribution in [1.82, 2.24) is 10.3 Å². The number of rotatable bonds is 47. The van der Waals surface area contributed by atoms with Gasteiger partial charge in [-0.05, 0) is 279 Å². The molecule has 1 aromatic heterocycles. The number of amides is 1. The first-order chi connectivity index (χ1) is 59.8. The number of nitrogens with zero attached hydrogens (tertiary/aromatic N) is 1. The summed E-state index contributed by atoms with van der Waals surface area (Å²) in [6.07, 6.45) is 10.2. The number of esters is 1. The Labute approximate surface area is 784 Å². The van der Waals surface area contributed by atoms with Crippen molar-refractivity contribution in [1.29, 1.82) is 0 Å². The van der Waals surface area contributed by atoms with Crippen LogP contribution in [0.5, 0.6) is 11.5 Å². The summed E-state index contributed by atoms with van der Waals surface area (Å²) in [6, 6.07) is 30.2. The average Bonchev–Trinajstić information content (AvgIpc) is 1.67.